The molecule has 106 valence electrons. The zero-order chi connectivity index (χ0) is 14.6. The van der Waals surface area contributed by atoms with Crippen LogP contribution >= 0.6 is 0 Å². The van der Waals surface area contributed by atoms with Crippen LogP contribution in [0.5, 0.6) is 5.75 Å². The molecule has 0 radical (unpaired) electrons. The maximum absolute atomic E-state index is 10.1. The molecule has 0 heterocycles. The average molecular weight is 268 g/mol. The molecule has 1 heteroatoms. The van der Waals surface area contributed by atoms with Crippen LogP contribution in [0.15, 0.2) is 54.6 Å². The van der Waals surface area contributed by atoms with E-state index < -0.39 is 0 Å². The van der Waals surface area contributed by atoms with Gasteiger partial charge in [0.25, 0.3) is 0 Å². The molecule has 0 aliphatic rings. The highest BCUT2D eigenvalue weighted by Gasteiger charge is 2.27. The van der Waals surface area contributed by atoms with Gasteiger partial charge in [0.1, 0.15) is 5.75 Å². The van der Waals surface area contributed by atoms with Crippen LogP contribution < -0.4 is 0 Å². The molecule has 0 saturated carbocycles. The monoisotopic (exact) mass is 268 g/mol. The van der Waals surface area contributed by atoms with Crippen molar-refractivity contribution >= 4 is 0 Å². The van der Waals surface area contributed by atoms with Crippen LogP contribution in [0.1, 0.15) is 44.2 Å². The second-order valence-corrected chi connectivity index (χ2v) is 6.50. The second-order valence-electron chi connectivity index (χ2n) is 6.50. The maximum Gasteiger partial charge on any atom is 0.119 e. The lowest BCUT2D eigenvalue weighted by molar-refractivity contribution is 0.297. The van der Waals surface area contributed by atoms with E-state index in [1.807, 2.05) is 18.2 Å². The Kier molecular flexibility index (Phi) is 4.49. The number of para-hydroxylation sites is 1. The number of aromatic hydroxyl groups is 1. The van der Waals surface area contributed by atoms with Gasteiger partial charge in [-0.25, -0.2) is 0 Å². The Balaban J connectivity index is 2.20. The number of hydrogen-bond acceptors (Lipinski definition) is 1. The van der Waals surface area contributed by atoms with Gasteiger partial charge in [0, 0.05) is 0 Å². The van der Waals surface area contributed by atoms with Gasteiger partial charge < -0.3 is 5.11 Å². The van der Waals surface area contributed by atoms with Gasteiger partial charge in [0.05, 0.1) is 0 Å². The molecule has 0 aliphatic heterocycles. The van der Waals surface area contributed by atoms with E-state index in [-0.39, 0.29) is 5.41 Å². The first-order valence-electron chi connectivity index (χ1n) is 7.30. The lowest BCUT2D eigenvalue weighted by atomic mass is 9.73. The number of phenols is 1. The number of aryl methyl sites for hydroxylation is 1. The quantitative estimate of drug-likeness (QED) is 0.812. The fraction of sp³-hybridized carbons (Fsp3) is 0.368. The van der Waals surface area contributed by atoms with E-state index in [9.17, 15) is 5.11 Å². The summed E-state index contributed by atoms with van der Waals surface area (Å²) >= 11 is 0. The second kappa shape index (κ2) is 6.13. The minimum atomic E-state index is 0.133. The van der Waals surface area contributed by atoms with Crippen LogP contribution in [-0.2, 0) is 6.42 Å². The summed E-state index contributed by atoms with van der Waals surface area (Å²) in [6, 6.07) is 18.3. The van der Waals surface area contributed by atoms with Crippen LogP contribution in [0, 0.1) is 5.41 Å². The highest BCUT2D eigenvalue weighted by molar-refractivity contribution is 5.36. The molecule has 0 aliphatic carbocycles. The summed E-state index contributed by atoms with van der Waals surface area (Å²) < 4.78 is 0. The Bertz CT molecular complexity index is 537. The van der Waals surface area contributed by atoms with Gasteiger partial charge in [-0.1, -0.05) is 69.3 Å². The SMILES string of the molecule is CC(C)(C)C(CCc1ccccc1)c1ccccc1O. The zero-order valence-corrected chi connectivity index (χ0v) is 12.6. The van der Waals surface area contributed by atoms with Crippen LogP contribution in [0.2, 0.25) is 0 Å². The molecule has 2 aromatic rings. The van der Waals surface area contributed by atoms with Crippen molar-refractivity contribution in [2.45, 2.75) is 39.5 Å². The van der Waals surface area contributed by atoms with Gasteiger partial charge >= 0.3 is 0 Å². The Morgan fingerprint density at radius 2 is 1.50 bits per heavy atom. The molecule has 0 bridgehead atoms. The zero-order valence-electron chi connectivity index (χ0n) is 12.6. The third-order valence-electron chi connectivity index (χ3n) is 3.92. The molecule has 1 atom stereocenters. The maximum atomic E-state index is 10.1. The molecule has 1 nitrogen and oxygen atoms in total. The third kappa shape index (κ3) is 3.63. The van der Waals surface area contributed by atoms with E-state index in [1.54, 1.807) is 6.07 Å². The van der Waals surface area contributed by atoms with E-state index in [0.717, 1.165) is 18.4 Å². The van der Waals surface area contributed by atoms with E-state index in [2.05, 4.69) is 51.1 Å². The number of benzene rings is 2. The predicted octanol–water partition coefficient (Wildman–Crippen LogP) is 5.15. The molecule has 2 aromatic carbocycles. The summed E-state index contributed by atoms with van der Waals surface area (Å²) in [5.41, 5.74) is 2.56. The fourth-order valence-electron chi connectivity index (χ4n) is 2.79. The first-order chi connectivity index (χ1) is 9.48. The van der Waals surface area contributed by atoms with Gasteiger partial charge in [0.2, 0.25) is 0 Å². The van der Waals surface area contributed by atoms with Gasteiger partial charge in [-0.05, 0) is 41.4 Å². The van der Waals surface area contributed by atoms with Crippen molar-refractivity contribution in [1.29, 1.82) is 0 Å². The van der Waals surface area contributed by atoms with Crippen LogP contribution in [0.3, 0.4) is 0 Å². The van der Waals surface area contributed by atoms with E-state index in [4.69, 9.17) is 0 Å². The fourth-order valence-corrected chi connectivity index (χ4v) is 2.79. The molecule has 2 rings (SSSR count). The van der Waals surface area contributed by atoms with Gasteiger partial charge in [0.15, 0.2) is 0 Å². The topological polar surface area (TPSA) is 20.2 Å². The Morgan fingerprint density at radius 1 is 0.900 bits per heavy atom. The predicted molar refractivity (Wildman–Crippen MR) is 85.1 cm³/mol. The molecule has 0 spiro atoms. The van der Waals surface area contributed by atoms with Gasteiger partial charge in [-0.15, -0.1) is 0 Å². The van der Waals surface area contributed by atoms with Crippen LogP contribution in [-0.4, -0.2) is 5.11 Å². The molecule has 20 heavy (non-hydrogen) atoms. The summed E-state index contributed by atoms with van der Waals surface area (Å²) in [5, 5.41) is 10.1. The Labute approximate surface area is 122 Å². The van der Waals surface area contributed by atoms with E-state index in [1.165, 1.54) is 5.56 Å². The lowest BCUT2D eigenvalue weighted by Crippen LogP contribution is -2.19. The molecule has 0 aromatic heterocycles. The molecule has 0 saturated heterocycles. The van der Waals surface area contributed by atoms with E-state index in [0.29, 0.717) is 11.7 Å². The highest BCUT2D eigenvalue weighted by atomic mass is 16.3. The van der Waals surface area contributed by atoms with Crippen molar-refractivity contribution in [3.63, 3.8) is 0 Å². The van der Waals surface area contributed by atoms with Crippen molar-refractivity contribution in [2.24, 2.45) is 5.41 Å². The minimum Gasteiger partial charge on any atom is -0.508 e. The van der Waals surface area contributed by atoms with Crippen molar-refractivity contribution in [3.8, 4) is 5.75 Å². The summed E-state index contributed by atoms with van der Waals surface area (Å²) in [6.45, 7) is 6.74. The normalized spacial score (nSPS) is 13.2. The van der Waals surface area contributed by atoms with Gasteiger partial charge in [-0.2, -0.15) is 0 Å². The average Bonchev–Trinajstić information content (AvgIpc) is 2.41. The summed E-state index contributed by atoms with van der Waals surface area (Å²) in [4.78, 5) is 0. The summed E-state index contributed by atoms with van der Waals surface area (Å²) in [6.07, 6.45) is 2.09. The molecule has 1 unspecified atom stereocenters. The van der Waals surface area contributed by atoms with Crippen molar-refractivity contribution in [3.05, 3.63) is 65.7 Å². The number of phenolic OH excluding ortho intramolecular Hbond substituents is 1. The smallest absolute Gasteiger partial charge is 0.119 e. The first-order valence-corrected chi connectivity index (χ1v) is 7.30. The van der Waals surface area contributed by atoms with Crippen molar-refractivity contribution in [1.82, 2.24) is 0 Å². The standard InChI is InChI=1S/C19H24O/c1-19(2,3)17(16-11-7-8-12-18(16)20)14-13-15-9-5-4-6-10-15/h4-12,17,20H,13-14H2,1-3H3. The largest absolute Gasteiger partial charge is 0.508 e. The third-order valence-corrected chi connectivity index (χ3v) is 3.92. The Morgan fingerprint density at radius 3 is 2.10 bits per heavy atom. The Hall–Kier alpha value is -1.76. The van der Waals surface area contributed by atoms with Gasteiger partial charge in [-0.3, -0.25) is 0 Å². The number of hydrogen-bond donors (Lipinski definition) is 1. The molecule has 1 N–H and O–H groups in total. The summed E-state index contributed by atoms with van der Waals surface area (Å²) in [5.74, 6) is 0.768. The molecular weight excluding hydrogens is 244 g/mol. The highest BCUT2D eigenvalue weighted by Crippen LogP contribution is 2.41. The molecule has 0 fully saturated rings. The first kappa shape index (κ1) is 14.6. The van der Waals surface area contributed by atoms with Crippen molar-refractivity contribution < 1.29 is 5.11 Å². The number of rotatable bonds is 4. The molecule has 0 amide bonds. The van der Waals surface area contributed by atoms with Crippen LogP contribution in [0.25, 0.3) is 0 Å². The lowest BCUT2D eigenvalue weighted by Gasteiger charge is -2.31. The van der Waals surface area contributed by atoms with E-state index >= 15 is 0 Å². The summed E-state index contributed by atoms with van der Waals surface area (Å²) in [7, 11) is 0. The van der Waals surface area contributed by atoms with Crippen LogP contribution in [0.4, 0.5) is 0 Å². The minimum absolute atomic E-state index is 0.133. The van der Waals surface area contributed by atoms with Crippen molar-refractivity contribution in [2.75, 3.05) is 0 Å². The molecular formula is C19H24O.